The van der Waals surface area contributed by atoms with Gasteiger partial charge in [-0.15, -0.1) is 0 Å². The molecule has 2 aromatic rings. The lowest BCUT2D eigenvalue weighted by Crippen LogP contribution is -2.34. The number of nitrogens with one attached hydrogen (secondary N) is 2. The second-order valence-corrected chi connectivity index (χ2v) is 6.97. The third kappa shape index (κ3) is 8.00. The van der Waals surface area contributed by atoms with Crippen molar-refractivity contribution >= 4 is 46.5 Å². The van der Waals surface area contributed by atoms with E-state index in [0.717, 1.165) is 23.8 Å². The number of carbonyl (C=O) groups excluding carboxylic acids is 2. The first-order valence-electron chi connectivity index (χ1n) is 8.82. The Morgan fingerprint density at radius 3 is 2.43 bits per heavy atom. The topological polar surface area (TPSA) is 67.4 Å². The molecule has 0 aliphatic carbocycles. The maximum Gasteiger partial charge on any atom is 0.416 e. The van der Waals surface area contributed by atoms with E-state index in [4.69, 9.17) is 28.6 Å². The summed E-state index contributed by atoms with van der Waals surface area (Å²) < 4.78 is 43.4. The van der Waals surface area contributed by atoms with E-state index in [1.54, 1.807) is 0 Å². The Morgan fingerprint density at radius 2 is 1.77 bits per heavy atom. The zero-order valence-corrected chi connectivity index (χ0v) is 17.2. The molecule has 0 radical (unpaired) electrons. The van der Waals surface area contributed by atoms with Crippen molar-refractivity contribution in [1.29, 1.82) is 0 Å². The maximum absolute atomic E-state index is 12.8. The SMILES string of the molecule is O=C(CCC(=O)OCCc1ccccc1)NC(=S)Nc1cc(C(F)(F)F)ccc1Cl. The monoisotopic (exact) mass is 458 g/mol. The zero-order chi connectivity index (χ0) is 22.1. The van der Waals surface area contributed by atoms with Gasteiger partial charge in [-0.1, -0.05) is 41.9 Å². The Bertz CT molecular complexity index is 908. The summed E-state index contributed by atoms with van der Waals surface area (Å²) in [5.74, 6) is -1.13. The van der Waals surface area contributed by atoms with Gasteiger partial charge in [0.1, 0.15) is 0 Å². The minimum Gasteiger partial charge on any atom is -0.465 e. The van der Waals surface area contributed by atoms with E-state index in [-0.39, 0.29) is 35.3 Å². The highest BCUT2D eigenvalue weighted by atomic mass is 35.5. The number of carbonyl (C=O) groups is 2. The van der Waals surface area contributed by atoms with Gasteiger partial charge in [-0.2, -0.15) is 13.2 Å². The van der Waals surface area contributed by atoms with Crippen molar-refractivity contribution in [3.05, 3.63) is 64.7 Å². The number of alkyl halides is 3. The first kappa shape index (κ1) is 23.6. The normalized spacial score (nSPS) is 10.9. The minimum atomic E-state index is -4.55. The Balaban J connectivity index is 1.74. The Labute approximate surface area is 181 Å². The van der Waals surface area contributed by atoms with Crippen molar-refractivity contribution in [1.82, 2.24) is 5.32 Å². The third-order valence-electron chi connectivity index (χ3n) is 3.85. The molecule has 2 aromatic carbocycles. The summed E-state index contributed by atoms with van der Waals surface area (Å²) in [5, 5.41) is 4.49. The highest BCUT2D eigenvalue weighted by Crippen LogP contribution is 2.33. The average Bonchev–Trinajstić information content (AvgIpc) is 2.68. The molecule has 5 nitrogen and oxygen atoms in total. The molecule has 0 heterocycles. The number of benzene rings is 2. The number of anilines is 1. The molecule has 0 saturated heterocycles. The fraction of sp³-hybridized carbons (Fsp3) is 0.250. The predicted octanol–water partition coefficient (Wildman–Crippen LogP) is 4.74. The smallest absolute Gasteiger partial charge is 0.416 e. The van der Waals surface area contributed by atoms with Crippen molar-refractivity contribution in [3.63, 3.8) is 0 Å². The summed E-state index contributed by atoms with van der Waals surface area (Å²) in [5.41, 5.74) is 0.00612. The summed E-state index contributed by atoms with van der Waals surface area (Å²) in [6.45, 7) is 0.193. The number of hydrogen-bond donors (Lipinski definition) is 2. The number of halogens is 4. The van der Waals surface area contributed by atoms with Gasteiger partial charge < -0.3 is 15.4 Å². The third-order valence-corrected chi connectivity index (χ3v) is 4.38. The molecule has 0 aromatic heterocycles. The lowest BCUT2D eigenvalue weighted by atomic mass is 10.2. The summed E-state index contributed by atoms with van der Waals surface area (Å²) in [6.07, 6.45) is -4.34. The van der Waals surface area contributed by atoms with Crippen LogP contribution in [0.2, 0.25) is 5.02 Å². The second-order valence-electron chi connectivity index (χ2n) is 6.15. The van der Waals surface area contributed by atoms with E-state index >= 15 is 0 Å². The highest BCUT2D eigenvalue weighted by molar-refractivity contribution is 7.80. The average molecular weight is 459 g/mol. The van der Waals surface area contributed by atoms with Gasteiger partial charge in [-0.25, -0.2) is 0 Å². The Kier molecular flexibility index (Phi) is 8.61. The molecule has 0 unspecified atom stereocenters. The van der Waals surface area contributed by atoms with Crippen LogP contribution in [0.3, 0.4) is 0 Å². The largest absolute Gasteiger partial charge is 0.465 e. The van der Waals surface area contributed by atoms with Gasteiger partial charge in [0.15, 0.2) is 5.11 Å². The molecular formula is C20H18ClF3N2O3S. The van der Waals surface area contributed by atoms with Gasteiger partial charge in [-0.3, -0.25) is 9.59 Å². The van der Waals surface area contributed by atoms with Gasteiger partial charge in [0, 0.05) is 12.8 Å². The van der Waals surface area contributed by atoms with E-state index < -0.39 is 23.6 Å². The molecule has 30 heavy (non-hydrogen) atoms. The molecule has 160 valence electrons. The number of amides is 1. The molecule has 0 aliphatic heterocycles. The standard InChI is InChI=1S/C20H18ClF3N2O3S/c21-15-7-6-14(20(22,23)24)12-16(15)25-19(30)26-17(27)8-9-18(28)29-11-10-13-4-2-1-3-5-13/h1-7,12H,8-11H2,(H2,25,26,27,30). The molecule has 0 bridgehead atoms. The molecule has 0 aliphatic rings. The maximum atomic E-state index is 12.8. The van der Waals surface area contributed by atoms with Crippen LogP contribution in [-0.4, -0.2) is 23.6 Å². The lowest BCUT2D eigenvalue weighted by molar-refractivity contribution is -0.144. The number of ether oxygens (including phenoxy) is 1. The van der Waals surface area contributed by atoms with Gasteiger partial charge in [0.05, 0.1) is 29.3 Å². The number of rotatable bonds is 7. The molecular weight excluding hydrogens is 441 g/mol. The number of esters is 1. The van der Waals surface area contributed by atoms with Crippen molar-refractivity contribution in [2.45, 2.75) is 25.4 Å². The van der Waals surface area contributed by atoms with Crippen LogP contribution in [0.4, 0.5) is 18.9 Å². The van der Waals surface area contributed by atoms with E-state index in [1.165, 1.54) is 0 Å². The van der Waals surface area contributed by atoms with Crippen LogP contribution < -0.4 is 10.6 Å². The second kappa shape index (κ2) is 10.9. The van der Waals surface area contributed by atoms with Crippen LogP contribution in [0, 0.1) is 0 Å². The van der Waals surface area contributed by atoms with Gasteiger partial charge in [-0.05, 0) is 36.0 Å². The minimum absolute atomic E-state index is 0.00147. The number of thiocarbonyl (C=S) groups is 1. The molecule has 0 atom stereocenters. The van der Waals surface area contributed by atoms with Crippen LogP contribution in [-0.2, 0) is 26.9 Å². The Hall–Kier alpha value is -2.65. The highest BCUT2D eigenvalue weighted by Gasteiger charge is 2.31. The van der Waals surface area contributed by atoms with Gasteiger partial charge >= 0.3 is 12.1 Å². The lowest BCUT2D eigenvalue weighted by Gasteiger charge is -2.13. The predicted molar refractivity (Wildman–Crippen MR) is 111 cm³/mol. The van der Waals surface area contributed by atoms with Crippen molar-refractivity contribution in [2.24, 2.45) is 0 Å². The first-order valence-corrected chi connectivity index (χ1v) is 9.61. The van der Waals surface area contributed by atoms with Crippen molar-refractivity contribution in [2.75, 3.05) is 11.9 Å². The molecule has 1 amide bonds. The molecule has 2 N–H and O–H groups in total. The summed E-state index contributed by atoms with van der Waals surface area (Å²) in [6, 6.07) is 12.1. The molecule has 0 fully saturated rings. The summed E-state index contributed by atoms with van der Waals surface area (Å²) in [7, 11) is 0. The van der Waals surface area contributed by atoms with E-state index in [9.17, 15) is 22.8 Å². The molecule has 2 rings (SSSR count). The van der Waals surface area contributed by atoms with Crippen LogP contribution in [0.15, 0.2) is 48.5 Å². The quantitative estimate of drug-likeness (QED) is 0.463. The van der Waals surface area contributed by atoms with Crippen LogP contribution in [0.5, 0.6) is 0 Å². The van der Waals surface area contributed by atoms with Crippen molar-refractivity contribution < 1.29 is 27.5 Å². The van der Waals surface area contributed by atoms with Gasteiger partial charge in [0.25, 0.3) is 0 Å². The molecule has 10 heteroatoms. The van der Waals surface area contributed by atoms with Crippen LogP contribution in [0.1, 0.15) is 24.0 Å². The van der Waals surface area contributed by atoms with E-state index in [0.29, 0.717) is 6.42 Å². The summed E-state index contributed by atoms with van der Waals surface area (Å²) >= 11 is 10.8. The van der Waals surface area contributed by atoms with Crippen LogP contribution in [0.25, 0.3) is 0 Å². The van der Waals surface area contributed by atoms with Crippen LogP contribution >= 0.6 is 23.8 Å². The fourth-order valence-corrected chi connectivity index (χ4v) is 2.74. The fourth-order valence-electron chi connectivity index (χ4n) is 2.36. The number of hydrogen-bond acceptors (Lipinski definition) is 4. The zero-order valence-electron chi connectivity index (χ0n) is 15.6. The molecule has 0 saturated carbocycles. The first-order chi connectivity index (χ1) is 14.1. The van der Waals surface area contributed by atoms with E-state index in [2.05, 4.69) is 10.6 Å². The van der Waals surface area contributed by atoms with E-state index in [1.807, 2.05) is 30.3 Å². The molecule has 0 spiro atoms. The summed E-state index contributed by atoms with van der Waals surface area (Å²) in [4.78, 5) is 23.6. The van der Waals surface area contributed by atoms with Gasteiger partial charge in [0.2, 0.25) is 5.91 Å². The Morgan fingerprint density at radius 1 is 1.07 bits per heavy atom. The van der Waals surface area contributed by atoms with Crippen molar-refractivity contribution in [3.8, 4) is 0 Å².